The molecule has 4 unspecified atom stereocenters. The van der Waals surface area contributed by atoms with Crippen LogP contribution in [-0.4, -0.2) is 50.9 Å². The average Bonchev–Trinajstić information content (AvgIpc) is 3.03. The molecule has 4 nitrogen and oxygen atoms in total. The van der Waals surface area contributed by atoms with Gasteiger partial charge in [-0.15, -0.1) is 0 Å². The highest BCUT2D eigenvalue weighted by Gasteiger charge is 2.49. The van der Waals surface area contributed by atoms with Crippen molar-refractivity contribution in [2.75, 3.05) is 13.6 Å². The predicted molar refractivity (Wildman–Crippen MR) is 212 cm³/mol. The number of nitrogens with zero attached hydrogens (tertiary/aromatic N) is 1. The van der Waals surface area contributed by atoms with E-state index < -0.39 is 17.6 Å². The molecule has 48 heavy (non-hydrogen) atoms. The summed E-state index contributed by atoms with van der Waals surface area (Å²) in [6.07, 6.45) is 43.5. The largest absolute Gasteiger partial charge is 0.384 e. The highest BCUT2D eigenvalue weighted by molar-refractivity contribution is 4.76. The Bertz CT molecular complexity index is 664. The number of hydrogen-bond donors (Lipinski definition) is 3. The summed E-state index contributed by atoms with van der Waals surface area (Å²) in [6, 6.07) is 0. The fourth-order valence-corrected chi connectivity index (χ4v) is 7.81. The van der Waals surface area contributed by atoms with Crippen molar-refractivity contribution < 1.29 is 19.8 Å². The van der Waals surface area contributed by atoms with Gasteiger partial charge in [0.05, 0.1) is 7.05 Å². The molecule has 0 aliphatic heterocycles. The molecule has 0 radical (unpaired) electrons. The molecule has 0 saturated carbocycles. The first-order valence-corrected chi connectivity index (χ1v) is 22.0. The molecule has 4 atom stereocenters. The topological polar surface area (TPSA) is 60.7 Å². The maximum absolute atomic E-state index is 11.6. The van der Waals surface area contributed by atoms with Crippen molar-refractivity contribution in [2.24, 2.45) is 0 Å². The number of rotatable bonds is 38. The Hall–Kier alpha value is -0.160. The first kappa shape index (κ1) is 47.8. The van der Waals surface area contributed by atoms with Crippen LogP contribution in [0.4, 0.5) is 0 Å². The summed E-state index contributed by atoms with van der Waals surface area (Å²) in [4.78, 5) is 0. The van der Waals surface area contributed by atoms with Crippen LogP contribution < -0.4 is 0 Å². The van der Waals surface area contributed by atoms with Crippen LogP contribution >= 0.6 is 0 Å². The number of aliphatic hydroxyl groups excluding tert-OH is 1. The molecule has 0 heterocycles. The summed E-state index contributed by atoms with van der Waals surface area (Å²) < 4.78 is 0.0809. The van der Waals surface area contributed by atoms with Gasteiger partial charge in [-0.3, -0.25) is 4.48 Å². The standard InChI is InChI=1S/C44H92NO3/c1-7-9-11-13-15-17-19-21-23-25-27-29-31-33-35-37-39-43(4,47)41-45(6,42(3)46)44(5,48)40-38-36-34-32-30-28-26-24-22-20-18-16-14-12-10-8-2/h42,46-48H,7-41H2,1-6H3/q+1. The molecule has 0 aliphatic carbocycles. The summed E-state index contributed by atoms with van der Waals surface area (Å²) in [7, 11) is 1.93. The third-order valence-electron chi connectivity index (χ3n) is 11.7. The Morgan fingerprint density at radius 1 is 0.417 bits per heavy atom. The zero-order chi connectivity index (χ0) is 35.8. The summed E-state index contributed by atoms with van der Waals surface area (Å²) in [5.41, 5.74) is -1.97. The molecule has 0 aromatic carbocycles. The lowest BCUT2D eigenvalue weighted by Crippen LogP contribution is -2.68. The van der Waals surface area contributed by atoms with E-state index in [9.17, 15) is 15.3 Å². The molecule has 0 aromatic rings. The third-order valence-corrected chi connectivity index (χ3v) is 11.7. The van der Waals surface area contributed by atoms with Crippen LogP contribution in [0.1, 0.15) is 253 Å². The van der Waals surface area contributed by atoms with Gasteiger partial charge in [0.2, 0.25) is 0 Å². The van der Waals surface area contributed by atoms with Crippen LogP contribution in [0.2, 0.25) is 0 Å². The minimum atomic E-state index is -1.07. The van der Waals surface area contributed by atoms with Gasteiger partial charge in [0.1, 0.15) is 12.1 Å². The second-order valence-corrected chi connectivity index (χ2v) is 16.9. The second-order valence-electron chi connectivity index (χ2n) is 16.9. The van der Waals surface area contributed by atoms with Crippen LogP contribution in [0.25, 0.3) is 0 Å². The number of hydrogen-bond acceptors (Lipinski definition) is 3. The predicted octanol–water partition coefficient (Wildman–Crippen LogP) is 13.5. The van der Waals surface area contributed by atoms with Crippen molar-refractivity contribution in [3.8, 4) is 0 Å². The Morgan fingerprint density at radius 3 is 0.896 bits per heavy atom. The molecular formula is C44H92NO3+. The minimum Gasteiger partial charge on any atom is -0.384 e. The van der Waals surface area contributed by atoms with Crippen molar-refractivity contribution in [1.29, 1.82) is 0 Å². The van der Waals surface area contributed by atoms with Crippen LogP contribution in [0.15, 0.2) is 0 Å². The maximum Gasteiger partial charge on any atom is 0.199 e. The van der Waals surface area contributed by atoms with E-state index in [1.165, 1.54) is 180 Å². The summed E-state index contributed by atoms with van der Waals surface area (Å²) >= 11 is 0. The van der Waals surface area contributed by atoms with E-state index in [0.29, 0.717) is 13.0 Å². The number of aliphatic hydroxyl groups is 3. The minimum absolute atomic E-state index is 0.0809. The smallest absolute Gasteiger partial charge is 0.199 e. The van der Waals surface area contributed by atoms with E-state index in [4.69, 9.17) is 0 Å². The van der Waals surface area contributed by atoms with Crippen molar-refractivity contribution in [3.63, 3.8) is 0 Å². The molecule has 0 amide bonds. The highest BCUT2D eigenvalue weighted by Crippen LogP contribution is 2.33. The normalized spacial score (nSPS) is 16.4. The zero-order valence-corrected chi connectivity index (χ0v) is 34.1. The fraction of sp³-hybridized carbons (Fsp3) is 1.00. The van der Waals surface area contributed by atoms with Crippen molar-refractivity contribution in [2.45, 2.75) is 270 Å². The second kappa shape index (κ2) is 31.6. The van der Waals surface area contributed by atoms with Crippen molar-refractivity contribution in [3.05, 3.63) is 0 Å². The highest BCUT2D eigenvalue weighted by atomic mass is 16.4. The summed E-state index contributed by atoms with van der Waals surface area (Å²) in [5.74, 6) is 0. The molecular weight excluding hydrogens is 590 g/mol. The van der Waals surface area contributed by atoms with Crippen molar-refractivity contribution in [1.82, 2.24) is 0 Å². The maximum atomic E-state index is 11.6. The summed E-state index contributed by atoms with van der Waals surface area (Å²) in [5, 5.41) is 33.8. The summed E-state index contributed by atoms with van der Waals surface area (Å²) in [6.45, 7) is 10.5. The van der Waals surface area contributed by atoms with Crippen LogP contribution in [0.3, 0.4) is 0 Å². The molecule has 4 heteroatoms. The zero-order valence-electron chi connectivity index (χ0n) is 34.1. The van der Waals surface area contributed by atoms with E-state index in [1.54, 1.807) is 6.92 Å². The molecule has 0 bridgehead atoms. The van der Waals surface area contributed by atoms with E-state index in [-0.39, 0.29) is 4.48 Å². The monoisotopic (exact) mass is 683 g/mol. The third kappa shape index (κ3) is 26.6. The van der Waals surface area contributed by atoms with Crippen LogP contribution in [0.5, 0.6) is 0 Å². The average molecular weight is 683 g/mol. The quantitative estimate of drug-likeness (QED) is 0.0345. The Balaban J connectivity index is 4.01. The Kier molecular flexibility index (Phi) is 31.5. The van der Waals surface area contributed by atoms with E-state index >= 15 is 0 Å². The number of unbranched alkanes of at least 4 members (excludes halogenated alkanes) is 30. The lowest BCUT2D eigenvalue weighted by molar-refractivity contribution is -1.02. The van der Waals surface area contributed by atoms with E-state index in [1.807, 2.05) is 20.9 Å². The molecule has 0 fully saturated rings. The van der Waals surface area contributed by atoms with Gasteiger partial charge in [0.25, 0.3) is 0 Å². The van der Waals surface area contributed by atoms with Gasteiger partial charge in [-0.25, -0.2) is 0 Å². The van der Waals surface area contributed by atoms with Gasteiger partial charge < -0.3 is 15.3 Å². The first-order valence-electron chi connectivity index (χ1n) is 22.0. The first-order chi connectivity index (χ1) is 23.0. The molecule has 0 aromatic heterocycles. The molecule has 0 aliphatic rings. The van der Waals surface area contributed by atoms with Gasteiger partial charge in [0.15, 0.2) is 12.0 Å². The molecule has 0 saturated heterocycles. The van der Waals surface area contributed by atoms with Gasteiger partial charge in [-0.05, 0) is 19.8 Å². The SMILES string of the molecule is CCCCCCCCCCCCCCCCCCC(C)(O)C[N+](C)(C(C)O)C(C)(O)CCCCCCCCCCCCCCCCCC. The van der Waals surface area contributed by atoms with E-state index in [2.05, 4.69) is 13.8 Å². The van der Waals surface area contributed by atoms with Crippen molar-refractivity contribution >= 4 is 0 Å². The molecule has 290 valence electrons. The molecule has 3 N–H and O–H groups in total. The molecule has 0 spiro atoms. The lowest BCUT2D eigenvalue weighted by atomic mass is 9.92. The fourth-order valence-electron chi connectivity index (χ4n) is 7.81. The van der Waals surface area contributed by atoms with Gasteiger partial charge in [-0.1, -0.05) is 213 Å². The lowest BCUT2D eigenvalue weighted by Gasteiger charge is -2.50. The van der Waals surface area contributed by atoms with Crippen LogP contribution in [-0.2, 0) is 0 Å². The molecule has 0 rings (SSSR count). The number of quaternary nitrogens is 1. The van der Waals surface area contributed by atoms with Gasteiger partial charge in [-0.2, -0.15) is 0 Å². The van der Waals surface area contributed by atoms with Gasteiger partial charge in [0, 0.05) is 20.3 Å². The van der Waals surface area contributed by atoms with Gasteiger partial charge >= 0.3 is 0 Å². The van der Waals surface area contributed by atoms with Crippen LogP contribution in [0, 0.1) is 0 Å². The number of likely N-dealkylation sites (N-methyl/N-ethyl adjacent to an activating group) is 1. The Morgan fingerprint density at radius 2 is 0.646 bits per heavy atom. The van der Waals surface area contributed by atoms with E-state index in [0.717, 1.165) is 32.1 Å². The Labute approximate surface area is 303 Å².